The summed E-state index contributed by atoms with van der Waals surface area (Å²) in [6, 6.07) is 8.46. The van der Waals surface area contributed by atoms with Crippen molar-refractivity contribution in [3.63, 3.8) is 0 Å². The quantitative estimate of drug-likeness (QED) is 0.622. The van der Waals surface area contributed by atoms with Gasteiger partial charge in [0.2, 0.25) is 0 Å². The fourth-order valence-corrected chi connectivity index (χ4v) is 2.04. The minimum absolute atomic E-state index is 0.641. The van der Waals surface area contributed by atoms with Crippen LogP contribution in [0.5, 0.6) is 0 Å². The summed E-state index contributed by atoms with van der Waals surface area (Å²) in [5.41, 5.74) is 3.74. The summed E-state index contributed by atoms with van der Waals surface area (Å²) in [5.74, 6) is 0.641. The molecule has 1 aliphatic carbocycles. The van der Waals surface area contributed by atoms with Crippen LogP contribution >= 0.6 is 0 Å². The summed E-state index contributed by atoms with van der Waals surface area (Å²) >= 11 is 0. The first-order chi connectivity index (χ1) is 6.83. The van der Waals surface area contributed by atoms with Crippen molar-refractivity contribution in [1.29, 1.82) is 0 Å². The molecule has 0 N–H and O–H groups in total. The lowest BCUT2D eigenvalue weighted by Gasteiger charge is -2.22. The number of oxime groups is 1. The van der Waals surface area contributed by atoms with Gasteiger partial charge in [-0.05, 0) is 24.3 Å². The van der Waals surface area contributed by atoms with Gasteiger partial charge in [-0.25, -0.2) is 0 Å². The molecular weight excluding hydrogens is 174 g/mol. The molecule has 2 rings (SSSR count). The Bertz CT molecular complexity index is 357. The molecule has 14 heavy (non-hydrogen) atoms. The molecule has 1 aliphatic rings. The van der Waals surface area contributed by atoms with E-state index in [-0.39, 0.29) is 0 Å². The lowest BCUT2D eigenvalue weighted by molar-refractivity contribution is 0.212. The van der Waals surface area contributed by atoms with Crippen molar-refractivity contribution in [3.05, 3.63) is 35.4 Å². The van der Waals surface area contributed by atoms with Crippen molar-refractivity contribution >= 4 is 5.71 Å². The second kappa shape index (κ2) is 3.82. The molecule has 0 radical (unpaired) electrons. The molecule has 0 aromatic heterocycles. The molecule has 0 saturated heterocycles. The van der Waals surface area contributed by atoms with E-state index in [2.05, 4.69) is 36.3 Å². The van der Waals surface area contributed by atoms with Gasteiger partial charge in [0.25, 0.3) is 0 Å². The number of rotatable bonds is 1. The largest absolute Gasteiger partial charge is 0.399 e. The van der Waals surface area contributed by atoms with Gasteiger partial charge in [0, 0.05) is 5.56 Å². The van der Waals surface area contributed by atoms with E-state index in [1.54, 1.807) is 7.11 Å². The Kier molecular flexibility index (Phi) is 2.53. The van der Waals surface area contributed by atoms with Crippen LogP contribution in [0.4, 0.5) is 0 Å². The third-order valence-corrected chi connectivity index (χ3v) is 2.82. The smallest absolute Gasteiger partial charge is 0.106 e. The predicted molar refractivity (Wildman–Crippen MR) is 57.6 cm³/mol. The second-order valence-electron chi connectivity index (χ2n) is 3.75. The Balaban J connectivity index is 2.47. The van der Waals surface area contributed by atoms with Gasteiger partial charge in [0.15, 0.2) is 0 Å². The zero-order valence-electron chi connectivity index (χ0n) is 8.66. The van der Waals surface area contributed by atoms with Crippen molar-refractivity contribution in [2.24, 2.45) is 5.16 Å². The summed E-state index contributed by atoms with van der Waals surface area (Å²) < 4.78 is 0. The first-order valence-corrected chi connectivity index (χ1v) is 5.02. The van der Waals surface area contributed by atoms with Gasteiger partial charge in [-0.1, -0.05) is 36.3 Å². The number of hydrogen-bond acceptors (Lipinski definition) is 2. The van der Waals surface area contributed by atoms with E-state index < -0.39 is 0 Å². The molecule has 0 aliphatic heterocycles. The molecule has 0 spiro atoms. The van der Waals surface area contributed by atoms with Crippen molar-refractivity contribution in [2.75, 3.05) is 7.11 Å². The first kappa shape index (κ1) is 9.25. The molecule has 1 aromatic carbocycles. The Morgan fingerprint density at radius 2 is 2.14 bits per heavy atom. The standard InChI is InChI=1S/C12H15NO/c1-9-7-8-12(13-14-2)11-6-4-3-5-10(9)11/h3-6,9H,7-8H2,1-2H3/b13-12+. The van der Waals surface area contributed by atoms with Crippen LogP contribution in [0.3, 0.4) is 0 Å². The topological polar surface area (TPSA) is 21.6 Å². The number of hydrogen-bond donors (Lipinski definition) is 0. The highest BCUT2D eigenvalue weighted by Crippen LogP contribution is 2.31. The fourth-order valence-electron chi connectivity index (χ4n) is 2.04. The maximum absolute atomic E-state index is 4.86. The van der Waals surface area contributed by atoms with Crippen LogP contribution in [0.1, 0.15) is 36.8 Å². The highest BCUT2D eigenvalue weighted by molar-refractivity contribution is 6.02. The van der Waals surface area contributed by atoms with Crippen molar-refractivity contribution < 1.29 is 4.84 Å². The van der Waals surface area contributed by atoms with Crippen LogP contribution in [0.25, 0.3) is 0 Å². The lowest BCUT2D eigenvalue weighted by Crippen LogP contribution is -2.14. The SMILES string of the molecule is CO/N=C1\CCC(C)c2ccccc21. The van der Waals surface area contributed by atoms with Crippen LogP contribution in [-0.4, -0.2) is 12.8 Å². The number of benzene rings is 1. The maximum atomic E-state index is 4.86. The van der Waals surface area contributed by atoms with Gasteiger partial charge < -0.3 is 4.84 Å². The van der Waals surface area contributed by atoms with Gasteiger partial charge >= 0.3 is 0 Å². The van der Waals surface area contributed by atoms with Gasteiger partial charge in [0.1, 0.15) is 7.11 Å². The van der Waals surface area contributed by atoms with Crippen LogP contribution < -0.4 is 0 Å². The average Bonchev–Trinajstić information content (AvgIpc) is 2.23. The molecule has 0 amide bonds. The zero-order chi connectivity index (χ0) is 9.97. The Hall–Kier alpha value is -1.31. The first-order valence-electron chi connectivity index (χ1n) is 5.02. The molecule has 2 heteroatoms. The van der Waals surface area contributed by atoms with Crippen LogP contribution in [0.2, 0.25) is 0 Å². The Morgan fingerprint density at radius 1 is 1.36 bits per heavy atom. The highest BCUT2D eigenvalue weighted by atomic mass is 16.6. The molecule has 0 heterocycles. The maximum Gasteiger partial charge on any atom is 0.106 e. The van der Waals surface area contributed by atoms with E-state index >= 15 is 0 Å². The molecule has 1 aromatic rings. The molecule has 0 bridgehead atoms. The third kappa shape index (κ3) is 1.52. The summed E-state index contributed by atoms with van der Waals surface area (Å²) in [6.45, 7) is 2.27. The minimum Gasteiger partial charge on any atom is -0.399 e. The fraction of sp³-hybridized carbons (Fsp3) is 0.417. The number of nitrogens with zero attached hydrogens (tertiary/aromatic N) is 1. The molecule has 1 atom stereocenters. The van der Waals surface area contributed by atoms with Crippen LogP contribution in [-0.2, 0) is 4.84 Å². The zero-order valence-corrected chi connectivity index (χ0v) is 8.66. The van der Waals surface area contributed by atoms with Crippen molar-refractivity contribution in [1.82, 2.24) is 0 Å². The summed E-state index contributed by atoms with van der Waals surface area (Å²) in [5, 5.41) is 4.08. The summed E-state index contributed by atoms with van der Waals surface area (Å²) in [4.78, 5) is 4.86. The van der Waals surface area contributed by atoms with Gasteiger partial charge in [0.05, 0.1) is 5.71 Å². The van der Waals surface area contributed by atoms with Crippen molar-refractivity contribution in [3.8, 4) is 0 Å². The summed E-state index contributed by atoms with van der Waals surface area (Å²) in [7, 11) is 1.60. The highest BCUT2D eigenvalue weighted by Gasteiger charge is 2.20. The normalized spacial score (nSPS) is 23.3. The van der Waals surface area contributed by atoms with E-state index in [0.29, 0.717) is 5.92 Å². The van der Waals surface area contributed by atoms with E-state index in [0.717, 1.165) is 12.1 Å². The van der Waals surface area contributed by atoms with E-state index in [4.69, 9.17) is 4.84 Å². The molecule has 74 valence electrons. The molecule has 1 unspecified atom stereocenters. The molecule has 0 fully saturated rings. The average molecular weight is 189 g/mol. The summed E-state index contributed by atoms with van der Waals surface area (Å²) in [6.07, 6.45) is 2.19. The van der Waals surface area contributed by atoms with Gasteiger partial charge in [-0.3, -0.25) is 0 Å². The predicted octanol–water partition coefficient (Wildman–Crippen LogP) is 2.93. The third-order valence-electron chi connectivity index (χ3n) is 2.82. The van der Waals surface area contributed by atoms with Crippen molar-refractivity contribution in [2.45, 2.75) is 25.7 Å². The Morgan fingerprint density at radius 3 is 2.93 bits per heavy atom. The monoisotopic (exact) mass is 189 g/mol. The molecule has 0 saturated carbocycles. The van der Waals surface area contributed by atoms with Gasteiger partial charge in [-0.2, -0.15) is 0 Å². The van der Waals surface area contributed by atoms with E-state index in [1.165, 1.54) is 17.5 Å². The number of fused-ring (bicyclic) bond motifs is 1. The van der Waals surface area contributed by atoms with Crippen LogP contribution in [0, 0.1) is 0 Å². The van der Waals surface area contributed by atoms with Crippen LogP contribution in [0.15, 0.2) is 29.4 Å². The molecular formula is C12H15NO. The minimum atomic E-state index is 0.641. The second-order valence-corrected chi connectivity index (χ2v) is 3.75. The Labute approximate surface area is 84.6 Å². The lowest BCUT2D eigenvalue weighted by atomic mass is 9.83. The molecule has 2 nitrogen and oxygen atoms in total. The van der Waals surface area contributed by atoms with E-state index in [9.17, 15) is 0 Å². The van der Waals surface area contributed by atoms with Gasteiger partial charge in [-0.15, -0.1) is 0 Å². The van der Waals surface area contributed by atoms with E-state index in [1.807, 2.05) is 0 Å².